The van der Waals surface area contributed by atoms with Crippen molar-refractivity contribution in [1.82, 2.24) is 4.90 Å². The molecule has 104 valence electrons. The van der Waals surface area contributed by atoms with E-state index >= 15 is 0 Å². The molecule has 0 heterocycles. The summed E-state index contributed by atoms with van der Waals surface area (Å²) in [5.41, 5.74) is 0.507. The summed E-state index contributed by atoms with van der Waals surface area (Å²) < 4.78 is 13.5. The first-order valence-corrected chi connectivity index (χ1v) is 7.05. The molecule has 1 aliphatic rings. The molecule has 0 radical (unpaired) electrons. The van der Waals surface area contributed by atoms with Gasteiger partial charge in [0.15, 0.2) is 5.78 Å². The summed E-state index contributed by atoms with van der Waals surface area (Å²) in [6.07, 6.45) is 2.59. The number of carbonyl (C=O) groups excluding carboxylic acids is 1. The topological polar surface area (TPSA) is 20.3 Å². The van der Waals surface area contributed by atoms with Gasteiger partial charge >= 0.3 is 0 Å². The van der Waals surface area contributed by atoms with Crippen molar-refractivity contribution in [2.75, 3.05) is 13.1 Å². The highest BCUT2D eigenvalue weighted by Crippen LogP contribution is 2.27. The van der Waals surface area contributed by atoms with Crippen LogP contribution in [0.4, 0.5) is 4.39 Å². The van der Waals surface area contributed by atoms with Crippen molar-refractivity contribution in [1.29, 1.82) is 0 Å². The molecule has 0 bridgehead atoms. The number of hydrogen-bond acceptors (Lipinski definition) is 2. The largest absolute Gasteiger partial charge is 0.298 e. The summed E-state index contributed by atoms with van der Waals surface area (Å²) in [6.45, 7) is 5.73. The zero-order chi connectivity index (χ0) is 13.8. The Balaban J connectivity index is 1.90. The van der Waals surface area contributed by atoms with Gasteiger partial charge in [0.2, 0.25) is 0 Å². The summed E-state index contributed by atoms with van der Waals surface area (Å²) in [7, 11) is 0. The van der Waals surface area contributed by atoms with Crippen molar-refractivity contribution in [2.45, 2.75) is 39.2 Å². The molecule has 19 heavy (non-hydrogen) atoms. The van der Waals surface area contributed by atoms with Gasteiger partial charge in [-0.15, -0.1) is 0 Å². The third-order valence-electron chi connectivity index (χ3n) is 3.39. The summed E-state index contributed by atoms with van der Waals surface area (Å²) in [6, 6.07) is 7.11. The van der Waals surface area contributed by atoms with Crippen LogP contribution in [0.1, 0.15) is 32.3 Å². The monoisotopic (exact) mass is 263 g/mol. The lowest BCUT2D eigenvalue weighted by Gasteiger charge is -2.23. The van der Waals surface area contributed by atoms with E-state index in [9.17, 15) is 9.18 Å². The molecule has 3 heteroatoms. The molecule has 0 spiro atoms. The molecule has 2 nitrogen and oxygen atoms in total. The third-order valence-corrected chi connectivity index (χ3v) is 3.39. The van der Waals surface area contributed by atoms with Crippen molar-refractivity contribution >= 4 is 5.78 Å². The van der Waals surface area contributed by atoms with Crippen LogP contribution in [0.5, 0.6) is 0 Å². The van der Waals surface area contributed by atoms with E-state index in [2.05, 4.69) is 18.7 Å². The van der Waals surface area contributed by atoms with E-state index in [0.29, 0.717) is 24.1 Å². The van der Waals surface area contributed by atoms with Crippen molar-refractivity contribution < 1.29 is 9.18 Å². The number of ketones is 1. The maximum Gasteiger partial charge on any atom is 0.151 e. The van der Waals surface area contributed by atoms with E-state index < -0.39 is 0 Å². The first-order valence-electron chi connectivity index (χ1n) is 7.05. The number of rotatable bonds is 7. The molecule has 1 saturated carbocycles. The first-order chi connectivity index (χ1) is 9.06. The molecule has 0 aromatic heterocycles. The van der Waals surface area contributed by atoms with Crippen LogP contribution in [0.2, 0.25) is 0 Å². The second-order valence-electron chi connectivity index (χ2n) is 5.86. The van der Waals surface area contributed by atoms with Gasteiger partial charge in [-0.2, -0.15) is 0 Å². The van der Waals surface area contributed by atoms with E-state index in [4.69, 9.17) is 0 Å². The maximum atomic E-state index is 13.5. The molecular formula is C16H22FNO. The zero-order valence-corrected chi connectivity index (χ0v) is 11.7. The van der Waals surface area contributed by atoms with Crippen LogP contribution in [-0.2, 0) is 11.2 Å². The second-order valence-corrected chi connectivity index (χ2v) is 5.86. The van der Waals surface area contributed by atoms with Gasteiger partial charge in [-0.3, -0.25) is 9.69 Å². The minimum absolute atomic E-state index is 0.109. The third kappa shape index (κ3) is 4.43. The molecule has 1 aliphatic carbocycles. The molecule has 0 saturated heterocycles. The van der Waals surface area contributed by atoms with E-state index in [1.165, 1.54) is 18.9 Å². The molecule has 0 atom stereocenters. The Kier molecular flexibility index (Phi) is 4.70. The molecule has 1 aromatic rings. The highest BCUT2D eigenvalue weighted by molar-refractivity contribution is 5.82. The Labute approximate surface area is 114 Å². The summed E-state index contributed by atoms with van der Waals surface area (Å²) in [4.78, 5) is 14.3. The van der Waals surface area contributed by atoms with E-state index in [-0.39, 0.29) is 18.0 Å². The normalized spacial score (nSPS) is 15.2. The molecule has 0 N–H and O–H groups in total. The predicted molar refractivity (Wildman–Crippen MR) is 74.5 cm³/mol. The van der Waals surface area contributed by atoms with Gasteiger partial charge < -0.3 is 0 Å². The van der Waals surface area contributed by atoms with Gasteiger partial charge in [0.25, 0.3) is 0 Å². The van der Waals surface area contributed by atoms with Gasteiger partial charge in [0.05, 0.1) is 6.54 Å². The van der Waals surface area contributed by atoms with Crippen molar-refractivity contribution in [3.63, 3.8) is 0 Å². The lowest BCUT2D eigenvalue weighted by molar-refractivity contribution is -0.119. The van der Waals surface area contributed by atoms with Crippen LogP contribution in [0.15, 0.2) is 24.3 Å². The van der Waals surface area contributed by atoms with Gasteiger partial charge in [0, 0.05) is 19.0 Å². The Bertz CT molecular complexity index is 440. The molecule has 2 rings (SSSR count). The zero-order valence-electron chi connectivity index (χ0n) is 11.7. The highest BCUT2D eigenvalue weighted by atomic mass is 19.1. The number of Topliss-reactive ketones (excluding diaryl/α,β-unsaturated/α-hetero) is 1. The minimum Gasteiger partial charge on any atom is -0.298 e. The van der Waals surface area contributed by atoms with Crippen molar-refractivity contribution in [3.05, 3.63) is 35.6 Å². The predicted octanol–water partition coefficient (Wildman–Crippen LogP) is 3.06. The van der Waals surface area contributed by atoms with Crippen molar-refractivity contribution in [3.8, 4) is 0 Å². The highest BCUT2D eigenvalue weighted by Gasteiger charge is 2.30. The molecule has 1 fully saturated rings. The summed E-state index contributed by atoms with van der Waals surface area (Å²) in [5.74, 6) is 0.386. The van der Waals surface area contributed by atoms with Gasteiger partial charge in [-0.1, -0.05) is 32.0 Å². The average Bonchev–Trinajstić information content (AvgIpc) is 3.14. The van der Waals surface area contributed by atoms with Crippen LogP contribution in [0.25, 0.3) is 0 Å². The minimum atomic E-state index is -0.280. The molecular weight excluding hydrogens is 241 g/mol. The number of benzene rings is 1. The van der Waals surface area contributed by atoms with Crippen LogP contribution in [0.3, 0.4) is 0 Å². The fraction of sp³-hybridized carbons (Fsp3) is 0.562. The van der Waals surface area contributed by atoms with E-state index in [0.717, 1.165) is 6.54 Å². The van der Waals surface area contributed by atoms with E-state index in [1.54, 1.807) is 18.2 Å². The SMILES string of the molecule is CC(C)CN(CC(=O)Cc1ccccc1F)C1CC1. The number of carbonyl (C=O) groups is 1. The second kappa shape index (κ2) is 6.29. The molecule has 0 amide bonds. The average molecular weight is 263 g/mol. The smallest absolute Gasteiger partial charge is 0.151 e. The van der Waals surface area contributed by atoms with Crippen LogP contribution in [0, 0.1) is 11.7 Å². The Hall–Kier alpha value is -1.22. The lowest BCUT2D eigenvalue weighted by atomic mass is 10.1. The van der Waals surface area contributed by atoms with Crippen molar-refractivity contribution in [2.24, 2.45) is 5.92 Å². The fourth-order valence-electron chi connectivity index (χ4n) is 2.39. The Morgan fingerprint density at radius 1 is 1.37 bits per heavy atom. The molecule has 1 aromatic carbocycles. The fourth-order valence-corrected chi connectivity index (χ4v) is 2.39. The summed E-state index contributed by atoms with van der Waals surface area (Å²) in [5, 5.41) is 0. The number of nitrogens with zero attached hydrogens (tertiary/aromatic N) is 1. The maximum absolute atomic E-state index is 13.5. The molecule has 0 aliphatic heterocycles. The van der Waals surface area contributed by atoms with Crippen LogP contribution in [-0.4, -0.2) is 29.8 Å². The van der Waals surface area contributed by atoms with Crippen LogP contribution >= 0.6 is 0 Å². The number of hydrogen-bond donors (Lipinski definition) is 0. The Morgan fingerprint density at radius 2 is 2.05 bits per heavy atom. The standard InChI is InChI=1S/C16H22FNO/c1-12(2)10-18(14-7-8-14)11-15(19)9-13-5-3-4-6-16(13)17/h3-6,12,14H,7-11H2,1-2H3. The molecule has 0 unspecified atom stereocenters. The van der Waals surface area contributed by atoms with E-state index in [1.807, 2.05) is 0 Å². The quantitative estimate of drug-likeness (QED) is 0.753. The Morgan fingerprint density at radius 3 is 2.63 bits per heavy atom. The summed E-state index contributed by atoms with van der Waals surface area (Å²) >= 11 is 0. The first kappa shape index (κ1) is 14.2. The van der Waals surface area contributed by atoms with Gasteiger partial charge in [-0.25, -0.2) is 4.39 Å². The van der Waals surface area contributed by atoms with Gasteiger partial charge in [0.1, 0.15) is 5.82 Å². The van der Waals surface area contributed by atoms with Crippen LogP contribution < -0.4 is 0 Å². The number of halogens is 1. The van der Waals surface area contributed by atoms with Gasteiger partial charge in [-0.05, 0) is 30.4 Å². The lowest BCUT2D eigenvalue weighted by Crippen LogP contribution is -2.35.